The van der Waals surface area contributed by atoms with E-state index in [1.54, 1.807) is 0 Å². The van der Waals surface area contributed by atoms with Gasteiger partial charge in [-0.3, -0.25) is 4.99 Å². The predicted octanol–water partition coefficient (Wildman–Crippen LogP) is 1.39. The molecule has 82 valence electrons. The number of nitrogens with one attached hydrogen (secondary N) is 1. The van der Waals surface area contributed by atoms with Crippen LogP contribution in [0, 0.1) is 0 Å². The quantitative estimate of drug-likeness (QED) is 0.545. The lowest BCUT2D eigenvalue weighted by molar-refractivity contribution is -0.138. The van der Waals surface area contributed by atoms with Crippen molar-refractivity contribution in [3.63, 3.8) is 0 Å². The Morgan fingerprint density at radius 2 is 2.14 bits per heavy atom. The number of alkyl halides is 3. The van der Waals surface area contributed by atoms with Gasteiger partial charge in [0.1, 0.15) is 0 Å². The molecule has 1 unspecified atom stereocenters. The highest BCUT2D eigenvalue weighted by atomic mass is 19.4. The minimum absolute atomic E-state index is 0.115. The molecule has 3 nitrogen and oxygen atoms in total. The molecular weight excluding hydrogens is 195 g/mol. The number of nitrogens with zero attached hydrogens (tertiary/aromatic N) is 1. The van der Waals surface area contributed by atoms with Crippen molar-refractivity contribution in [1.29, 1.82) is 0 Å². The van der Waals surface area contributed by atoms with Crippen molar-refractivity contribution >= 4 is 5.96 Å². The van der Waals surface area contributed by atoms with Crippen molar-refractivity contribution in [2.75, 3.05) is 0 Å². The summed E-state index contributed by atoms with van der Waals surface area (Å²) in [4.78, 5) is 3.97. The summed E-state index contributed by atoms with van der Waals surface area (Å²) in [5.74, 6) is 0.115. The molecular formula is C8H14F3N3. The molecule has 6 heteroatoms. The Morgan fingerprint density at radius 1 is 1.57 bits per heavy atom. The van der Waals surface area contributed by atoms with E-state index in [1.807, 2.05) is 0 Å². The van der Waals surface area contributed by atoms with E-state index in [2.05, 4.69) is 10.3 Å². The molecule has 0 bridgehead atoms. The zero-order chi connectivity index (χ0) is 10.8. The average molecular weight is 209 g/mol. The first-order chi connectivity index (χ1) is 6.37. The van der Waals surface area contributed by atoms with E-state index in [4.69, 9.17) is 5.73 Å². The fourth-order valence-corrected chi connectivity index (χ4v) is 1.09. The lowest BCUT2D eigenvalue weighted by Crippen LogP contribution is -2.40. The van der Waals surface area contributed by atoms with Crippen molar-refractivity contribution in [2.24, 2.45) is 10.7 Å². The number of hydrogen-bond donors (Lipinski definition) is 2. The van der Waals surface area contributed by atoms with Gasteiger partial charge in [-0.05, 0) is 19.8 Å². The van der Waals surface area contributed by atoms with Gasteiger partial charge in [0.25, 0.3) is 0 Å². The van der Waals surface area contributed by atoms with Crippen LogP contribution in [0.1, 0.15) is 26.2 Å². The molecule has 0 aromatic carbocycles. The van der Waals surface area contributed by atoms with Gasteiger partial charge in [-0.2, -0.15) is 13.2 Å². The molecule has 0 saturated heterocycles. The smallest absolute Gasteiger partial charge is 0.370 e. The maximum atomic E-state index is 11.9. The van der Waals surface area contributed by atoms with Crippen LogP contribution in [0.25, 0.3) is 0 Å². The van der Waals surface area contributed by atoms with E-state index in [-0.39, 0.29) is 12.0 Å². The van der Waals surface area contributed by atoms with Gasteiger partial charge in [0.2, 0.25) is 0 Å². The van der Waals surface area contributed by atoms with Crippen LogP contribution >= 0.6 is 0 Å². The third kappa shape index (κ3) is 4.94. The van der Waals surface area contributed by atoms with Crippen LogP contribution in [0.3, 0.4) is 0 Å². The number of nitrogens with two attached hydrogens (primary N) is 1. The van der Waals surface area contributed by atoms with Gasteiger partial charge in [0.05, 0.1) is 12.5 Å². The molecule has 3 N–H and O–H groups in total. The molecule has 0 amide bonds. The second-order valence-corrected chi connectivity index (χ2v) is 3.61. The lowest BCUT2D eigenvalue weighted by atomic mass is 10.2. The van der Waals surface area contributed by atoms with Gasteiger partial charge in [0, 0.05) is 6.04 Å². The molecule has 1 saturated carbocycles. The van der Waals surface area contributed by atoms with Gasteiger partial charge in [-0.15, -0.1) is 0 Å². The first-order valence-electron chi connectivity index (χ1n) is 4.53. The molecule has 0 aliphatic heterocycles. The Hall–Kier alpha value is -0.940. The number of hydrogen-bond acceptors (Lipinski definition) is 1. The van der Waals surface area contributed by atoms with E-state index in [1.165, 1.54) is 6.92 Å². The number of halogens is 3. The van der Waals surface area contributed by atoms with Crippen LogP contribution in [-0.2, 0) is 0 Å². The maximum Gasteiger partial charge on any atom is 0.391 e. The van der Waals surface area contributed by atoms with E-state index < -0.39 is 18.6 Å². The molecule has 1 atom stereocenters. The summed E-state index contributed by atoms with van der Waals surface area (Å²) < 4.78 is 35.7. The molecule has 14 heavy (non-hydrogen) atoms. The van der Waals surface area contributed by atoms with Crippen molar-refractivity contribution in [1.82, 2.24) is 5.32 Å². The summed E-state index contributed by atoms with van der Waals surface area (Å²) in [5.41, 5.74) is 5.41. The SMILES string of the molecule is CC(CC(F)(F)F)NC(N)=NC1CC1. The van der Waals surface area contributed by atoms with Crippen LogP contribution in [-0.4, -0.2) is 24.2 Å². The van der Waals surface area contributed by atoms with Crippen LogP contribution < -0.4 is 11.1 Å². The number of guanidine groups is 1. The summed E-state index contributed by atoms with van der Waals surface area (Å²) >= 11 is 0. The third-order valence-corrected chi connectivity index (χ3v) is 1.80. The first-order valence-corrected chi connectivity index (χ1v) is 4.53. The van der Waals surface area contributed by atoms with Gasteiger partial charge < -0.3 is 11.1 Å². The highest BCUT2D eigenvalue weighted by molar-refractivity contribution is 5.78. The van der Waals surface area contributed by atoms with E-state index in [0.717, 1.165) is 12.8 Å². The molecule has 0 heterocycles. The average Bonchev–Trinajstić information content (AvgIpc) is 2.64. The van der Waals surface area contributed by atoms with Crippen LogP contribution in [0.15, 0.2) is 4.99 Å². The van der Waals surface area contributed by atoms with Crippen LogP contribution in [0.2, 0.25) is 0 Å². The minimum atomic E-state index is -4.16. The molecule has 0 aromatic heterocycles. The summed E-state index contributed by atoms with van der Waals surface area (Å²) in [6, 6.07) is -0.502. The fraction of sp³-hybridized carbons (Fsp3) is 0.875. The maximum absolute atomic E-state index is 11.9. The third-order valence-electron chi connectivity index (χ3n) is 1.80. The summed E-state index contributed by atoms with van der Waals surface area (Å²) in [6.07, 6.45) is -3.09. The second kappa shape index (κ2) is 4.06. The Bertz CT molecular complexity index is 220. The van der Waals surface area contributed by atoms with E-state index in [9.17, 15) is 13.2 Å². The summed E-state index contributed by atoms with van der Waals surface area (Å²) in [6.45, 7) is 1.43. The Balaban J connectivity index is 2.28. The molecule has 0 aromatic rings. The lowest BCUT2D eigenvalue weighted by Gasteiger charge is -2.16. The van der Waals surface area contributed by atoms with Crippen LogP contribution in [0.4, 0.5) is 13.2 Å². The zero-order valence-electron chi connectivity index (χ0n) is 7.93. The topological polar surface area (TPSA) is 50.4 Å². The minimum Gasteiger partial charge on any atom is -0.370 e. The second-order valence-electron chi connectivity index (χ2n) is 3.61. The van der Waals surface area contributed by atoms with Crippen molar-refractivity contribution in [3.8, 4) is 0 Å². The van der Waals surface area contributed by atoms with E-state index in [0.29, 0.717) is 0 Å². The highest BCUT2D eigenvalue weighted by Crippen LogP contribution is 2.23. The van der Waals surface area contributed by atoms with Crippen molar-refractivity contribution in [3.05, 3.63) is 0 Å². The van der Waals surface area contributed by atoms with Crippen molar-refractivity contribution < 1.29 is 13.2 Å². The molecule has 1 aliphatic carbocycles. The number of aliphatic imine (C=N–C) groups is 1. The van der Waals surface area contributed by atoms with Gasteiger partial charge in [-0.1, -0.05) is 0 Å². The Morgan fingerprint density at radius 3 is 2.57 bits per heavy atom. The fourth-order valence-electron chi connectivity index (χ4n) is 1.09. The first kappa shape index (κ1) is 11.1. The van der Waals surface area contributed by atoms with Gasteiger partial charge in [0.15, 0.2) is 5.96 Å². The molecule has 1 aliphatic rings. The standard InChI is InChI=1S/C8H14F3N3/c1-5(4-8(9,10)11)13-7(12)14-6-2-3-6/h5-6H,2-4H2,1H3,(H3,12,13,14). The molecule has 0 radical (unpaired) electrons. The Labute approximate surface area is 80.6 Å². The molecule has 1 rings (SSSR count). The molecule has 0 spiro atoms. The highest BCUT2D eigenvalue weighted by Gasteiger charge is 2.30. The van der Waals surface area contributed by atoms with Gasteiger partial charge in [-0.25, -0.2) is 0 Å². The largest absolute Gasteiger partial charge is 0.391 e. The van der Waals surface area contributed by atoms with Crippen LogP contribution in [0.5, 0.6) is 0 Å². The molecule has 1 fully saturated rings. The summed E-state index contributed by atoms with van der Waals surface area (Å²) in [5, 5.41) is 2.52. The van der Waals surface area contributed by atoms with Gasteiger partial charge >= 0.3 is 6.18 Å². The number of rotatable bonds is 3. The predicted molar refractivity (Wildman–Crippen MR) is 47.9 cm³/mol. The van der Waals surface area contributed by atoms with E-state index >= 15 is 0 Å². The zero-order valence-corrected chi connectivity index (χ0v) is 7.93. The Kier molecular flexibility index (Phi) is 3.23. The monoisotopic (exact) mass is 209 g/mol. The summed E-state index contributed by atoms with van der Waals surface area (Å²) in [7, 11) is 0. The normalized spacial score (nSPS) is 20.7. The van der Waals surface area contributed by atoms with Crippen molar-refractivity contribution in [2.45, 2.75) is 44.4 Å².